The largest absolute Gasteiger partial charge is 0.497 e. The molecule has 0 unspecified atom stereocenters. The molecule has 0 aliphatic carbocycles. The van der Waals surface area contributed by atoms with E-state index in [1.54, 1.807) is 42.5 Å². The van der Waals surface area contributed by atoms with Gasteiger partial charge in [-0.25, -0.2) is 9.69 Å². The van der Waals surface area contributed by atoms with Crippen LogP contribution in [0.15, 0.2) is 78.4 Å². The first kappa shape index (κ1) is 22.6. The summed E-state index contributed by atoms with van der Waals surface area (Å²) in [7, 11) is 3.02. The quantitative estimate of drug-likeness (QED) is 0.426. The molecule has 0 spiro atoms. The van der Waals surface area contributed by atoms with Gasteiger partial charge in [-0.3, -0.25) is 14.9 Å². The molecule has 172 valence electrons. The summed E-state index contributed by atoms with van der Waals surface area (Å²) in [5, 5.41) is 2.21. The van der Waals surface area contributed by atoms with Crippen molar-refractivity contribution in [3.05, 3.63) is 89.5 Å². The zero-order chi connectivity index (χ0) is 24.1. The summed E-state index contributed by atoms with van der Waals surface area (Å²) in [6, 6.07) is 20.3. The summed E-state index contributed by atoms with van der Waals surface area (Å²) in [5.74, 6) is 0.0209. The van der Waals surface area contributed by atoms with Crippen molar-refractivity contribution in [3.63, 3.8) is 0 Å². The zero-order valence-electron chi connectivity index (χ0n) is 18.6. The average molecular weight is 458 g/mol. The maximum Gasteiger partial charge on any atom is 0.335 e. The number of nitrogens with zero attached hydrogens (tertiary/aromatic N) is 1. The molecule has 34 heavy (non-hydrogen) atoms. The number of carbonyl (C=O) groups is 3. The second kappa shape index (κ2) is 9.91. The number of hydrogen-bond acceptors (Lipinski definition) is 6. The van der Waals surface area contributed by atoms with E-state index in [4.69, 9.17) is 14.2 Å². The zero-order valence-corrected chi connectivity index (χ0v) is 18.6. The predicted molar refractivity (Wildman–Crippen MR) is 126 cm³/mol. The van der Waals surface area contributed by atoms with Gasteiger partial charge in [0.05, 0.1) is 19.9 Å². The number of rotatable bonds is 7. The van der Waals surface area contributed by atoms with E-state index in [0.29, 0.717) is 35.1 Å². The number of carbonyl (C=O) groups excluding carboxylic acids is 3. The Morgan fingerprint density at radius 3 is 2.26 bits per heavy atom. The van der Waals surface area contributed by atoms with E-state index < -0.39 is 17.8 Å². The molecule has 8 heteroatoms. The van der Waals surface area contributed by atoms with Crippen LogP contribution in [0.1, 0.15) is 11.1 Å². The number of anilines is 1. The van der Waals surface area contributed by atoms with Crippen molar-refractivity contribution in [1.29, 1.82) is 0 Å². The van der Waals surface area contributed by atoms with Gasteiger partial charge in [0.1, 0.15) is 17.9 Å². The number of urea groups is 1. The van der Waals surface area contributed by atoms with Crippen molar-refractivity contribution in [2.24, 2.45) is 0 Å². The molecule has 0 aromatic heterocycles. The van der Waals surface area contributed by atoms with Gasteiger partial charge in [0, 0.05) is 0 Å². The lowest BCUT2D eigenvalue weighted by atomic mass is 10.1. The van der Waals surface area contributed by atoms with Crippen LogP contribution in [0, 0.1) is 0 Å². The Morgan fingerprint density at radius 1 is 0.853 bits per heavy atom. The van der Waals surface area contributed by atoms with E-state index in [2.05, 4.69) is 5.32 Å². The minimum Gasteiger partial charge on any atom is -0.497 e. The van der Waals surface area contributed by atoms with Gasteiger partial charge in [-0.1, -0.05) is 36.4 Å². The molecule has 0 atom stereocenters. The molecule has 1 N–H and O–H groups in total. The molecule has 0 radical (unpaired) electrons. The van der Waals surface area contributed by atoms with Crippen LogP contribution in [0.2, 0.25) is 0 Å². The number of hydrogen-bond donors (Lipinski definition) is 1. The van der Waals surface area contributed by atoms with Gasteiger partial charge in [-0.05, 0) is 53.6 Å². The molecule has 1 saturated heterocycles. The number of barbiturate groups is 1. The van der Waals surface area contributed by atoms with E-state index in [1.165, 1.54) is 20.3 Å². The second-order valence-electron chi connectivity index (χ2n) is 7.34. The number of amides is 4. The van der Waals surface area contributed by atoms with Crippen molar-refractivity contribution < 1.29 is 28.6 Å². The molecule has 1 aliphatic rings. The van der Waals surface area contributed by atoms with Gasteiger partial charge >= 0.3 is 6.03 Å². The maximum absolute atomic E-state index is 13.1. The minimum absolute atomic E-state index is 0.185. The van der Waals surface area contributed by atoms with Gasteiger partial charge < -0.3 is 14.2 Å². The Bertz CT molecular complexity index is 1250. The Labute approximate surface area is 196 Å². The molecule has 1 heterocycles. The third-order valence-corrected chi connectivity index (χ3v) is 5.17. The molecule has 0 bridgehead atoms. The van der Waals surface area contributed by atoms with Crippen molar-refractivity contribution >= 4 is 29.6 Å². The van der Waals surface area contributed by atoms with Crippen molar-refractivity contribution in [2.75, 3.05) is 19.1 Å². The minimum atomic E-state index is -0.820. The summed E-state index contributed by atoms with van der Waals surface area (Å²) < 4.78 is 16.4. The molecule has 3 aromatic carbocycles. The third-order valence-electron chi connectivity index (χ3n) is 5.17. The number of imide groups is 2. The fourth-order valence-electron chi connectivity index (χ4n) is 3.42. The lowest BCUT2D eigenvalue weighted by Gasteiger charge is -2.26. The van der Waals surface area contributed by atoms with Crippen molar-refractivity contribution in [2.45, 2.75) is 6.61 Å². The second-order valence-corrected chi connectivity index (χ2v) is 7.34. The maximum atomic E-state index is 13.1. The highest BCUT2D eigenvalue weighted by atomic mass is 16.5. The van der Waals surface area contributed by atoms with Crippen molar-refractivity contribution in [1.82, 2.24) is 5.32 Å². The van der Waals surface area contributed by atoms with Crippen LogP contribution in [0.5, 0.6) is 17.2 Å². The Hall–Kier alpha value is -4.59. The number of nitrogens with one attached hydrogen (secondary N) is 1. The van der Waals surface area contributed by atoms with Gasteiger partial charge in [-0.2, -0.15) is 0 Å². The Kier molecular flexibility index (Phi) is 6.59. The van der Waals surface area contributed by atoms with E-state index in [0.717, 1.165) is 10.5 Å². The first-order chi connectivity index (χ1) is 16.5. The monoisotopic (exact) mass is 458 g/mol. The van der Waals surface area contributed by atoms with Crippen LogP contribution in [-0.4, -0.2) is 32.1 Å². The predicted octanol–water partition coefficient (Wildman–Crippen LogP) is 3.95. The van der Waals surface area contributed by atoms with Crippen LogP contribution in [0.4, 0.5) is 10.5 Å². The highest BCUT2D eigenvalue weighted by Gasteiger charge is 2.36. The highest BCUT2D eigenvalue weighted by molar-refractivity contribution is 6.39. The topological polar surface area (TPSA) is 94.2 Å². The van der Waals surface area contributed by atoms with E-state index in [1.807, 2.05) is 30.3 Å². The smallest absolute Gasteiger partial charge is 0.335 e. The van der Waals surface area contributed by atoms with E-state index in [-0.39, 0.29) is 5.57 Å². The van der Waals surface area contributed by atoms with Crippen LogP contribution in [0.3, 0.4) is 0 Å². The van der Waals surface area contributed by atoms with Crippen molar-refractivity contribution in [3.8, 4) is 17.2 Å². The molecular weight excluding hydrogens is 436 g/mol. The van der Waals surface area contributed by atoms with Gasteiger partial charge in [0.15, 0.2) is 11.5 Å². The molecule has 3 aromatic rings. The normalized spacial score (nSPS) is 14.7. The SMILES string of the molecule is COc1ccc(N2C(=O)NC(=O)/C(=C/c3ccc(OCc4ccccc4)c(OC)c3)C2=O)cc1. The lowest BCUT2D eigenvalue weighted by Crippen LogP contribution is -2.54. The summed E-state index contributed by atoms with van der Waals surface area (Å²) >= 11 is 0. The third kappa shape index (κ3) is 4.75. The number of benzene rings is 3. The molecule has 4 rings (SSSR count). The number of ether oxygens (including phenoxy) is 3. The average Bonchev–Trinajstić information content (AvgIpc) is 2.86. The number of methoxy groups -OCH3 is 2. The molecular formula is C26H22N2O6. The van der Waals surface area contributed by atoms with Crippen LogP contribution >= 0.6 is 0 Å². The van der Waals surface area contributed by atoms with E-state index in [9.17, 15) is 14.4 Å². The van der Waals surface area contributed by atoms with Crippen LogP contribution in [0.25, 0.3) is 6.08 Å². The summed E-state index contributed by atoms with van der Waals surface area (Å²) in [4.78, 5) is 38.8. The summed E-state index contributed by atoms with van der Waals surface area (Å²) in [5.41, 5.74) is 1.66. The van der Waals surface area contributed by atoms with Gasteiger partial charge in [-0.15, -0.1) is 0 Å². The molecule has 0 saturated carbocycles. The lowest BCUT2D eigenvalue weighted by molar-refractivity contribution is -0.122. The highest BCUT2D eigenvalue weighted by Crippen LogP contribution is 2.30. The molecule has 4 amide bonds. The Morgan fingerprint density at radius 2 is 1.59 bits per heavy atom. The molecule has 8 nitrogen and oxygen atoms in total. The van der Waals surface area contributed by atoms with Crippen LogP contribution < -0.4 is 24.4 Å². The van der Waals surface area contributed by atoms with Crippen LogP contribution in [-0.2, 0) is 16.2 Å². The Balaban J connectivity index is 1.59. The molecule has 1 aliphatic heterocycles. The summed E-state index contributed by atoms with van der Waals surface area (Å²) in [6.45, 7) is 0.359. The standard InChI is InChI=1S/C26H22N2O6/c1-32-20-11-9-19(10-12-20)28-25(30)21(24(29)27-26(28)31)14-18-8-13-22(23(15-18)33-2)34-16-17-6-4-3-5-7-17/h3-15H,16H2,1-2H3,(H,27,29,31)/b21-14-. The molecule has 1 fully saturated rings. The fraction of sp³-hybridized carbons (Fsp3) is 0.115. The van der Waals surface area contributed by atoms with Gasteiger partial charge in [0.25, 0.3) is 11.8 Å². The fourth-order valence-corrected chi connectivity index (χ4v) is 3.42. The first-order valence-corrected chi connectivity index (χ1v) is 10.4. The first-order valence-electron chi connectivity index (χ1n) is 10.4. The van der Waals surface area contributed by atoms with Gasteiger partial charge in [0.2, 0.25) is 0 Å². The van der Waals surface area contributed by atoms with E-state index >= 15 is 0 Å². The summed E-state index contributed by atoms with van der Waals surface area (Å²) in [6.07, 6.45) is 1.41.